The first-order valence-electron chi connectivity index (χ1n) is 20.8. The van der Waals surface area contributed by atoms with Crippen molar-refractivity contribution in [2.24, 2.45) is 5.92 Å². The summed E-state index contributed by atoms with van der Waals surface area (Å²) in [5.74, 6) is -9.25. The van der Waals surface area contributed by atoms with Crippen LogP contribution in [0.2, 0.25) is 0 Å². The van der Waals surface area contributed by atoms with Crippen LogP contribution in [0.5, 0.6) is 5.75 Å². The third kappa shape index (κ3) is 9.84. The van der Waals surface area contributed by atoms with E-state index in [2.05, 4.69) is 25.5 Å². The number of nitrogens with one attached hydrogen (secondary N) is 2. The molecule has 0 spiro atoms. The fourth-order valence-corrected chi connectivity index (χ4v) is 8.21. The van der Waals surface area contributed by atoms with E-state index >= 15 is 0 Å². The number of fused-ring (bicyclic) bond motifs is 2. The van der Waals surface area contributed by atoms with Gasteiger partial charge in [-0.15, -0.1) is 0 Å². The lowest BCUT2D eigenvalue weighted by Crippen LogP contribution is -2.49. The van der Waals surface area contributed by atoms with E-state index in [4.69, 9.17) is 25.0 Å². The molecule has 2 aromatic carbocycles. The highest BCUT2D eigenvalue weighted by Gasteiger charge is 2.38. The fraction of sp³-hybridized carbons (Fsp3) is 0.349. The summed E-state index contributed by atoms with van der Waals surface area (Å²) in [5.41, 5.74) is 4.29. The van der Waals surface area contributed by atoms with Gasteiger partial charge in [0.2, 0.25) is 11.7 Å². The highest BCUT2D eigenvalue weighted by molar-refractivity contribution is 6.07. The molecule has 0 atom stereocenters. The Morgan fingerprint density at radius 2 is 1.62 bits per heavy atom. The first-order chi connectivity index (χ1) is 31.5. The van der Waals surface area contributed by atoms with Crippen LogP contribution in [-0.4, -0.2) is 114 Å². The van der Waals surface area contributed by atoms with Crippen molar-refractivity contribution in [1.29, 1.82) is 0 Å². The molecule has 4 N–H and O–H groups in total. The third-order valence-corrected chi connectivity index (χ3v) is 11.8. The molecule has 17 nitrogen and oxygen atoms in total. The largest absolute Gasteiger partial charge is 0.503 e. The number of carbonyl (C=O) groups is 4. The molecule has 4 aromatic heterocycles. The van der Waals surface area contributed by atoms with E-state index in [1.807, 2.05) is 53.6 Å². The summed E-state index contributed by atoms with van der Waals surface area (Å²) in [7, 11) is 0. The average Bonchev–Trinajstić information content (AvgIpc) is 3.93. The average molecular weight is 922 g/mol. The lowest BCUT2D eigenvalue weighted by atomic mass is 9.86. The van der Waals surface area contributed by atoms with Crippen LogP contribution < -0.4 is 20.4 Å². The number of urea groups is 1. The summed E-state index contributed by atoms with van der Waals surface area (Å²) in [4.78, 5) is 61.0. The number of hydrogen-bond donors (Lipinski definition) is 4. The molecular formula is C43H41F6N11O6. The standard InChI is InChI=1S/C41H40F3N11O4.C2HF3O2/c42-30-16-29(37(43)38(44)39(30)57)40(58)47-17-24-1-6-28(7-2-24)54-23-27-5-4-26(15-31(27)50-54)32-18-46-35(20-45-32)52-13-11-51(12-14-52)21-25-3-8-33-34(19-48-55(33)22-25)53-10-9-36(56)49-41(53)59;3-2(4,5)1(6)7/h3-5,8,15-16,18-20,22-24,28,57H,1-2,6-7,9-14,17,21H2,(H,47,58)(H,49,56,59);(H,6,7). The Morgan fingerprint density at radius 3 is 2.30 bits per heavy atom. The molecular weight excluding hydrogens is 881 g/mol. The van der Waals surface area contributed by atoms with E-state index in [1.165, 1.54) is 0 Å². The zero-order valence-corrected chi connectivity index (χ0v) is 34.8. The number of carboxylic acid groups (broad SMARTS) is 1. The second-order valence-corrected chi connectivity index (χ2v) is 16.1. The number of carboxylic acids is 1. The van der Waals surface area contributed by atoms with Gasteiger partial charge in [-0.1, -0.05) is 18.2 Å². The van der Waals surface area contributed by atoms with Gasteiger partial charge >= 0.3 is 18.2 Å². The molecule has 6 aromatic rings. The number of halogens is 6. The Labute approximate surface area is 370 Å². The summed E-state index contributed by atoms with van der Waals surface area (Å²) in [5, 5.41) is 31.7. The van der Waals surface area contributed by atoms with Gasteiger partial charge in [0.15, 0.2) is 17.4 Å². The van der Waals surface area contributed by atoms with E-state index in [1.54, 1.807) is 21.8 Å². The van der Waals surface area contributed by atoms with Gasteiger partial charge in [0.05, 0.1) is 52.6 Å². The van der Waals surface area contributed by atoms with Gasteiger partial charge in [-0.3, -0.25) is 34.4 Å². The first kappa shape index (κ1) is 45.3. The minimum atomic E-state index is -5.08. The maximum atomic E-state index is 14.1. The van der Waals surface area contributed by atoms with Crippen molar-refractivity contribution in [2.75, 3.05) is 49.1 Å². The number of anilines is 2. The number of amides is 4. The van der Waals surface area contributed by atoms with Gasteiger partial charge in [0.25, 0.3) is 5.91 Å². The van der Waals surface area contributed by atoms with Crippen LogP contribution in [0.15, 0.2) is 67.4 Å². The number of aromatic nitrogens is 6. The van der Waals surface area contributed by atoms with Crippen LogP contribution in [0.1, 0.15) is 54.1 Å². The molecule has 9 rings (SSSR count). The highest BCUT2D eigenvalue weighted by Crippen LogP contribution is 2.34. The van der Waals surface area contributed by atoms with Gasteiger partial charge in [0.1, 0.15) is 5.82 Å². The van der Waals surface area contributed by atoms with Crippen LogP contribution in [0.4, 0.5) is 42.6 Å². The lowest BCUT2D eigenvalue weighted by Gasteiger charge is -2.35. The molecule has 66 heavy (non-hydrogen) atoms. The maximum absolute atomic E-state index is 14.1. The predicted molar refractivity (Wildman–Crippen MR) is 224 cm³/mol. The normalized spacial score (nSPS) is 18.3. The second kappa shape index (κ2) is 18.7. The number of alkyl halides is 3. The predicted octanol–water partition coefficient (Wildman–Crippen LogP) is 5.83. The number of imide groups is 1. The Hall–Kier alpha value is -7.30. The highest BCUT2D eigenvalue weighted by atomic mass is 19.4. The van der Waals surface area contributed by atoms with Crippen molar-refractivity contribution >= 4 is 51.7 Å². The first-order valence-corrected chi connectivity index (χ1v) is 20.8. The summed E-state index contributed by atoms with van der Waals surface area (Å²) in [6.07, 6.45) is 7.63. The Kier molecular flexibility index (Phi) is 12.8. The fourth-order valence-electron chi connectivity index (χ4n) is 8.21. The number of phenolic OH excluding ortho intramolecular Hbond substituents is 1. The van der Waals surface area contributed by atoms with Gasteiger partial charge in [-0.25, -0.2) is 27.9 Å². The summed E-state index contributed by atoms with van der Waals surface area (Å²) >= 11 is 0. The number of pyridine rings is 1. The van der Waals surface area contributed by atoms with Crippen LogP contribution in [0, 0.1) is 23.4 Å². The van der Waals surface area contributed by atoms with Gasteiger partial charge in [-0.2, -0.15) is 27.8 Å². The summed E-state index contributed by atoms with van der Waals surface area (Å²) in [6, 6.07) is 10.3. The monoisotopic (exact) mass is 921 g/mol. The van der Waals surface area contributed by atoms with Crippen LogP contribution in [-0.2, 0) is 16.1 Å². The molecule has 0 bridgehead atoms. The molecule has 2 aliphatic heterocycles. The molecule has 1 aliphatic carbocycles. The zero-order chi connectivity index (χ0) is 46.9. The zero-order valence-electron chi connectivity index (χ0n) is 34.8. The van der Waals surface area contributed by atoms with Crippen molar-refractivity contribution in [3.05, 3.63) is 96.0 Å². The number of phenols is 1. The third-order valence-electron chi connectivity index (χ3n) is 11.8. The summed E-state index contributed by atoms with van der Waals surface area (Å²) < 4.78 is 77.1. The van der Waals surface area contributed by atoms with Crippen molar-refractivity contribution < 1.29 is 55.7 Å². The van der Waals surface area contributed by atoms with E-state index in [9.17, 15) is 45.8 Å². The number of piperazine rings is 1. The molecule has 0 unspecified atom stereocenters. The number of hydrogen-bond acceptors (Lipinski definition) is 11. The topological polar surface area (TPSA) is 203 Å². The number of aliphatic carboxylic acids is 1. The Bertz CT molecular complexity index is 2800. The molecule has 3 aliphatic rings. The molecule has 3 fully saturated rings. The van der Waals surface area contributed by atoms with Crippen molar-refractivity contribution in [3.8, 4) is 17.0 Å². The Balaban J connectivity index is 0.000000785. The van der Waals surface area contributed by atoms with Gasteiger partial charge in [0, 0.05) is 75.6 Å². The number of rotatable bonds is 9. The molecule has 1 saturated carbocycles. The number of aromatic hydroxyl groups is 1. The molecule has 0 radical (unpaired) electrons. The van der Waals surface area contributed by atoms with E-state index < -0.39 is 52.8 Å². The van der Waals surface area contributed by atoms with Crippen LogP contribution in [0.3, 0.4) is 0 Å². The van der Waals surface area contributed by atoms with Crippen molar-refractivity contribution in [1.82, 2.24) is 44.9 Å². The quantitative estimate of drug-likeness (QED) is 0.100. The van der Waals surface area contributed by atoms with E-state index in [0.717, 1.165) is 97.5 Å². The minimum Gasteiger partial charge on any atom is -0.503 e. The molecule has 346 valence electrons. The van der Waals surface area contributed by atoms with Crippen molar-refractivity contribution in [2.45, 2.75) is 50.9 Å². The molecule has 2 saturated heterocycles. The van der Waals surface area contributed by atoms with E-state index in [-0.39, 0.29) is 30.8 Å². The lowest BCUT2D eigenvalue weighted by molar-refractivity contribution is -0.192. The van der Waals surface area contributed by atoms with Crippen LogP contribution in [0.25, 0.3) is 27.7 Å². The molecule has 6 heterocycles. The van der Waals surface area contributed by atoms with Gasteiger partial charge in [-0.05, 0) is 55.4 Å². The number of nitrogens with zero attached hydrogens (tertiary/aromatic N) is 9. The number of carbonyl (C=O) groups excluding carboxylic acids is 3. The maximum Gasteiger partial charge on any atom is 0.490 e. The molecule has 4 amide bonds. The summed E-state index contributed by atoms with van der Waals surface area (Å²) in [6.45, 7) is 4.60. The minimum absolute atomic E-state index is 0.111. The Morgan fingerprint density at radius 1 is 0.879 bits per heavy atom. The molecule has 23 heteroatoms. The smallest absolute Gasteiger partial charge is 0.490 e. The van der Waals surface area contributed by atoms with E-state index in [0.29, 0.717) is 18.3 Å². The van der Waals surface area contributed by atoms with Crippen molar-refractivity contribution in [3.63, 3.8) is 0 Å². The second-order valence-electron chi connectivity index (χ2n) is 16.1. The van der Waals surface area contributed by atoms with Gasteiger partial charge < -0.3 is 20.4 Å². The number of benzene rings is 2. The van der Waals surface area contributed by atoms with Crippen LogP contribution >= 0.6 is 0 Å². The SMILES string of the molecule is O=C(O)C(F)(F)F.O=C1CCN(c2cnn3cc(CN4CCN(c5cnc(-c6ccc7cn(C8CCC(CNC(=O)c9cc(F)c(O)c(F)c9F)CC8)nc7c6)cn5)CC4)ccc23)C(=O)N1.